The molecule has 1 heterocycles. The van der Waals surface area contributed by atoms with E-state index in [0.29, 0.717) is 13.0 Å². The van der Waals surface area contributed by atoms with Gasteiger partial charge in [0.15, 0.2) is 0 Å². The van der Waals surface area contributed by atoms with E-state index >= 15 is 0 Å². The molecule has 1 aromatic carbocycles. The molecule has 0 unspecified atom stereocenters. The van der Waals surface area contributed by atoms with Crippen molar-refractivity contribution in [3.05, 3.63) is 29.6 Å². The normalized spacial score (nSPS) is 12.6. The second-order valence-corrected chi connectivity index (χ2v) is 4.67. The van der Waals surface area contributed by atoms with E-state index < -0.39 is 0 Å². The second kappa shape index (κ2) is 5.84. The molecule has 0 fully saturated rings. The van der Waals surface area contributed by atoms with Crippen molar-refractivity contribution in [3.63, 3.8) is 0 Å². The molecule has 0 aliphatic heterocycles. The molecule has 1 aromatic heterocycles. The average molecular weight is 261 g/mol. The summed E-state index contributed by atoms with van der Waals surface area (Å²) in [6.07, 6.45) is 0.361. The number of aromatic nitrogens is 2. The van der Waals surface area contributed by atoms with Crippen LogP contribution >= 0.6 is 0 Å². The number of hydrogen-bond donors (Lipinski definition) is 2. The highest BCUT2D eigenvalue weighted by Crippen LogP contribution is 2.17. The third-order valence-electron chi connectivity index (χ3n) is 2.98. The van der Waals surface area contributed by atoms with E-state index in [0.717, 1.165) is 16.9 Å². The number of aromatic amines is 1. The van der Waals surface area contributed by atoms with E-state index in [2.05, 4.69) is 15.3 Å². The number of nitrogens with one attached hydrogen (secondary N) is 2. The van der Waals surface area contributed by atoms with Crippen LogP contribution in [0.5, 0.6) is 0 Å². The predicted octanol–water partition coefficient (Wildman–Crippen LogP) is 2.09. The Morgan fingerprint density at radius 3 is 3.05 bits per heavy atom. The van der Waals surface area contributed by atoms with Crippen LogP contribution in [0, 0.1) is 6.92 Å². The lowest BCUT2D eigenvalue weighted by molar-refractivity contribution is -0.122. The fourth-order valence-electron chi connectivity index (χ4n) is 1.93. The lowest BCUT2D eigenvalue weighted by atomic mass is 10.2. The Hall–Kier alpha value is -1.88. The van der Waals surface area contributed by atoms with Gasteiger partial charge in [-0.15, -0.1) is 0 Å². The molecule has 0 saturated carbocycles. The van der Waals surface area contributed by atoms with Crippen LogP contribution in [0.3, 0.4) is 0 Å². The standard InChI is InChI=1S/C14H19N3O2/c1-9-4-5-11-12(8-9)17-14(16-11)10(2)15-13(18)6-7-19-3/h4-5,8,10H,6-7H2,1-3H3,(H,15,18)(H,16,17)/t10-/m0/s1. The smallest absolute Gasteiger partial charge is 0.222 e. The fourth-order valence-corrected chi connectivity index (χ4v) is 1.93. The van der Waals surface area contributed by atoms with E-state index in [1.165, 1.54) is 5.56 Å². The molecule has 0 aliphatic carbocycles. The Bertz CT molecular complexity index is 577. The monoisotopic (exact) mass is 261 g/mol. The van der Waals surface area contributed by atoms with E-state index in [1.807, 2.05) is 32.0 Å². The summed E-state index contributed by atoms with van der Waals surface area (Å²) in [7, 11) is 1.58. The molecule has 5 heteroatoms. The summed E-state index contributed by atoms with van der Waals surface area (Å²) in [5, 5.41) is 2.89. The van der Waals surface area contributed by atoms with Gasteiger partial charge < -0.3 is 15.0 Å². The lowest BCUT2D eigenvalue weighted by Crippen LogP contribution is -2.28. The number of H-pyrrole nitrogens is 1. The maximum atomic E-state index is 11.6. The van der Waals surface area contributed by atoms with Gasteiger partial charge in [0.05, 0.1) is 23.7 Å². The van der Waals surface area contributed by atoms with E-state index in [9.17, 15) is 4.79 Å². The van der Waals surface area contributed by atoms with E-state index in [-0.39, 0.29) is 11.9 Å². The topological polar surface area (TPSA) is 67.0 Å². The van der Waals surface area contributed by atoms with Gasteiger partial charge >= 0.3 is 0 Å². The molecule has 102 valence electrons. The van der Waals surface area contributed by atoms with Crippen LogP contribution in [-0.4, -0.2) is 29.6 Å². The van der Waals surface area contributed by atoms with E-state index in [4.69, 9.17) is 4.74 Å². The van der Waals surface area contributed by atoms with Crippen molar-refractivity contribution in [2.75, 3.05) is 13.7 Å². The molecule has 1 amide bonds. The summed E-state index contributed by atoms with van der Waals surface area (Å²) in [5.74, 6) is 0.734. The van der Waals surface area contributed by atoms with Gasteiger partial charge in [0, 0.05) is 13.5 Å². The molecule has 0 aliphatic rings. The van der Waals surface area contributed by atoms with Gasteiger partial charge in [-0.25, -0.2) is 4.98 Å². The molecule has 0 spiro atoms. The Balaban J connectivity index is 2.08. The number of fused-ring (bicyclic) bond motifs is 1. The highest BCUT2D eigenvalue weighted by atomic mass is 16.5. The zero-order valence-corrected chi connectivity index (χ0v) is 11.5. The molecule has 2 N–H and O–H groups in total. The number of nitrogens with zero attached hydrogens (tertiary/aromatic N) is 1. The van der Waals surface area contributed by atoms with E-state index in [1.54, 1.807) is 7.11 Å². The van der Waals surface area contributed by atoms with Crippen molar-refractivity contribution >= 4 is 16.9 Å². The number of benzene rings is 1. The average Bonchev–Trinajstić information content (AvgIpc) is 2.79. The van der Waals surface area contributed by atoms with Crippen molar-refractivity contribution in [2.24, 2.45) is 0 Å². The highest BCUT2D eigenvalue weighted by Gasteiger charge is 2.13. The van der Waals surface area contributed by atoms with Crippen LogP contribution in [0.4, 0.5) is 0 Å². The van der Waals surface area contributed by atoms with Crippen molar-refractivity contribution in [3.8, 4) is 0 Å². The molecule has 0 saturated heterocycles. The van der Waals surface area contributed by atoms with Gasteiger partial charge in [-0.3, -0.25) is 4.79 Å². The van der Waals surface area contributed by atoms with Crippen molar-refractivity contribution in [1.82, 2.24) is 15.3 Å². The molecule has 2 rings (SSSR count). The van der Waals surface area contributed by atoms with Gasteiger partial charge in [-0.05, 0) is 31.5 Å². The zero-order chi connectivity index (χ0) is 13.8. The molecule has 2 aromatic rings. The maximum Gasteiger partial charge on any atom is 0.222 e. The molecule has 5 nitrogen and oxygen atoms in total. The van der Waals surface area contributed by atoms with Crippen LogP contribution in [0.2, 0.25) is 0 Å². The SMILES string of the molecule is COCCC(=O)N[C@@H](C)c1nc2ccc(C)cc2[nH]1. The Kier molecular flexibility index (Phi) is 4.16. The minimum absolute atomic E-state index is 0.0361. The number of carbonyl (C=O) groups excluding carboxylic acids is 1. The molecule has 19 heavy (non-hydrogen) atoms. The van der Waals surface area contributed by atoms with Crippen molar-refractivity contribution in [1.29, 1.82) is 0 Å². The maximum absolute atomic E-state index is 11.6. The first kappa shape index (κ1) is 13.5. The van der Waals surface area contributed by atoms with Gasteiger partial charge in [0.25, 0.3) is 0 Å². The fraction of sp³-hybridized carbons (Fsp3) is 0.429. The molecule has 0 bridgehead atoms. The Morgan fingerprint density at radius 2 is 2.32 bits per heavy atom. The first-order valence-corrected chi connectivity index (χ1v) is 6.34. The lowest BCUT2D eigenvalue weighted by Gasteiger charge is -2.10. The summed E-state index contributed by atoms with van der Waals surface area (Å²) in [6, 6.07) is 5.90. The Morgan fingerprint density at radius 1 is 1.53 bits per heavy atom. The number of imidazole rings is 1. The number of methoxy groups -OCH3 is 1. The molecular weight excluding hydrogens is 242 g/mol. The van der Waals surface area contributed by atoms with Gasteiger partial charge in [-0.2, -0.15) is 0 Å². The first-order chi connectivity index (χ1) is 9.10. The largest absolute Gasteiger partial charge is 0.384 e. The quantitative estimate of drug-likeness (QED) is 0.866. The second-order valence-electron chi connectivity index (χ2n) is 4.67. The summed E-state index contributed by atoms with van der Waals surface area (Å²) >= 11 is 0. The predicted molar refractivity (Wildman–Crippen MR) is 73.9 cm³/mol. The van der Waals surface area contributed by atoms with Crippen molar-refractivity contribution in [2.45, 2.75) is 26.3 Å². The molecular formula is C14H19N3O2. The van der Waals surface area contributed by atoms with Crippen LogP contribution in [0.1, 0.15) is 30.8 Å². The van der Waals surface area contributed by atoms with Crippen LogP contribution in [-0.2, 0) is 9.53 Å². The van der Waals surface area contributed by atoms with Crippen LogP contribution in [0.25, 0.3) is 11.0 Å². The number of carbonyl (C=O) groups is 1. The number of aryl methyl sites for hydroxylation is 1. The van der Waals surface area contributed by atoms with Gasteiger partial charge in [-0.1, -0.05) is 6.07 Å². The minimum Gasteiger partial charge on any atom is -0.384 e. The summed E-state index contributed by atoms with van der Waals surface area (Å²) in [5.41, 5.74) is 3.09. The third-order valence-corrected chi connectivity index (χ3v) is 2.98. The number of ether oxygens (including phenoxy) is 1. The zero-order valence-electron chi connectivity index (χ0n) is 11.5. The van der Waals surface area contributed by atoms with Gasteiger partial charge in [0.2, 0.25) is 5.91 Å². The third kappa shape index (κ3) is 3.32. The number of amides is 1. The number of rotatable bonds is 5. The first-order valence-electron chi connectivity index (χ1n) is 6.34. The molecule has 0 radical (unpaired) electrons. The summed E-state index contributed by atoms with van der Waals surface area (Å²) < 4.78 is 4.88. The summed E-state index contributed by atoms with van der Waals surface area (Å²) in [6.45, 7) is 4.38. The number of hydrogen-bond acceptors (Lipinski definition) is 3. The van der Waals surface area contributed by atoms with Crippen molar-refractivity contribution < 1.29 is 9.53 Å². The van der Waals surface area contributed by atoms with Crippen LogP contribution in [0.15, 0.2) is 18.2 Å². The highest BCUT2D eigenvalue weighted by molar-refractivity contribution is 5.78. The summed E-state index contributed by atoms with van der Waals surface area (Å²) in [4.78, 5) is 19.3. The Labute approximate surface area is 112 Å². The molecule has 1 atom stereocenters. The minimum atomic E-state index is -0.142. The van der Waals surface area contributed by atoms with Crippen LogP contribution < -0.4 is 5.32 Å². The van der Waals surface area contributed by atoms with Gasteiger partial charge in [0.1, 0.15) is 5.82 Å².